The molecule has 0 saturated carbocycles. The van der Waals surface area contributed by atoms with Crippen LogP contribution in [0, 0.1) is 5.41 Å². The molecule has 1 aliphatic carbocycles. The number of nitrogens with zero attached hydrogens (tertiary/aromatic N) is 1. The van der Waals surface area contributed by atoms with Crippen LogP contribution in [0.1, 0.15) is 54.9 Å². The summed E-state index contributed by atoms with van der Waals surface area (Å²) in [5, 5.41) is 0. The Bertz CT molecular complexity index is 1180. The van der Waals surface area contributed by atoms with Gasteiger partial charge >= 0.3 is 0 Å². The van der Waals surface area contributed by atoms with Crippen LogP contribution in [0.15, 0.2) is 53.7 Å². The van der Waals surface area contributed by atoms with Crippen molar-refractivity contribution >= 4 is 23.3 Å². The molecule has 2 aliphatic rings. The number of Topliss-reactive ketones (excluding diaryl/α,β-unsaturated/α-hetero) is 1. The molecule has 2 amide bonds. The summed E-state index contributed by atoms with van der Waals surface area (Å²) >= 11 is 0. The smallest absolute Gasteiger partial charge is 0.250 e. The maximum absolute atomic E-state index is 13.6. The molecule has 1 unspecified atom stereocenters. The van der Waals surface area contributed by atoms with E-state index < -0.39 is 11.8 Å². The van der Waals surface area contributed by atoms with Crippen LogP contribution in [0.25, 0.3) is 0 Å². The number of methoxy groups -OCH3 is 2. The molecule has 172 valence electrons. The first-order valence-corrected chi connectivity index (χ1v) is 10.9. The number of para-hydroxylation sites is 1. The number of benzene rings is 2. The van der Waals surface area contributed by atoms with Crippen molar-refractivity contribution in [2.75, 3.05) is 19.1 Å². The first kappa shape index (κ1) is 22.6. The van der Waals surface area contributed by atoms with Crippen LogP contribution in [0.5, 0.6) is 11.5 Å². The van der Waals surface area contributed by atoms with Crippen molar-refractivity contribution in [1.82, 2.24) is 0 Å². The van der Waals surface area contributed by atoms with Crippen molar-refractivity contribution in [2.24, 2.45) is 11.1 Å². The third-order valence-corrected chi connectivity index (χ3v) is 6.37. The maximum Gasteiger partial charge on any atom is 0.250 e. The van der Waals surface area contributed by atoms with Crippen LogP contribution in [0.2, 0.25) is 0 Å². The van der Waals surface area contributed by atoms with E-state index >= 15 is 0 Å². The molecule has 2 aromatic carbocycles. The van der Waals surface area contributed by atoms with Crippen LogP contribution < -0.4 is 20.1 Å². The number of carbonyl (C=O) groups is 3. The SMILES string of the molecule is COc1ccc(OC)c(C2CC(=O)N(c3ccccc3C(N)=O)C3=C2C(=O)CC(C)(C)C3)c1. The molecule has 0 bridgehead atoms. The highest BCUT2D eigenvalue weighted by Crippen LogP contribution is 2.50. The monoisotopic (exact) mass is 448 g/mol. The Hall–Kier alpha value is -3.61. The molecule has 0 aromatic heterocycles. The average Bonchev–Trinajstić information content (AvgIpc) is 2.77. The third kappa shape index (κ3) is 3.99. The summed E-state index contributed by atoms with van der Waals surface area (Å²) in [5.74, 6) is -0.112. The van der Waals surface area contributed by atoms with Gasteiger partial charge in [0, 0.05) is 35.6 Å². The highest BCUT2D eigenvalue weighted by atomic mass is 16.5. The number of nitrogens with two attached hydrogens (primary N) is 1. The molecule has 7 nitrogen and oxygen atoms in total. The van der Waals surface area contributed by atoms with Gasteiger partial charge in [-0.25, -0.2) is 0 Å². The van der Waals surface area contributed by atoms with Crippen LogP contribution in [0.3, 0.4) is 0 Å². The second-order valence-electron chi connectivity index (χ2n) is 9.28. The number of anilines is 1. The molecule has 33 heavy (non-hydrogen) atoms. The molecular weight excluding hydrogens is 420 g/mol. The second kappa shape index (κ2) is 8.39. The first-order chi connectivity index (χ1) is 15.7. The van der Waals surface area contributed by atoms with Gasteiger partial charge in [0.1, 0.15) is 11.5 Å². The lowest BCUT2D eigenvalue weighted by atomic mass is 9.69. The Labute approximate surface area is 193 Å². The van der Waals surface area contributed by atoms with Crippen molar-refractivity contribution in [2.45, 2.75) is 39.0 Å². The number of allylic oxidation sites excluding steroid dienone is 2. The standard InChI is InChI=1S/C26H28N2O5/c1-26(2)13-20-24(21(29)14-26)18(17-11-15(32-3)9-10-22(17)33-4)12-23(30)28(20)19-8-6-5-7-16(19)25(27)31/h5-11,18H,12-14H2,1-4H3,(H2,27,31). The van der Waals surface area contributed by atoms with Gasteiger partial charge in [-0.15, -0.1) is 0 Å². The van der Waals surface area contributed by atoms with E-state index in [0.29, 0.717) is 41.3 Å². The fourth-order valence-corrected chi connectivity index (χ4v) is 4.95. The Morgan fingerprint density at radius 3 is 2.45 bits per heavy atom. The summed E-state index contributed by atoms with van der Waals surface area (Å²) in [6.45, 7) is 4.01. The summed E-state index contributed by atoms with van der Waals surface area (Å²) in [6.07, 6.45) is 0.936. The van der Waals surface area contributed by atoms with Gasteiger partial charge in [-0.2, -0.15) is 0 Å². The van der Waals surface area contributed by atoms with Crippen molar-refractivity contribution in [3.63, 3.8) is 0 Å². The summed E-state index contributed by atoms with van der Waals surface area (Å²) in [7, 11) is 3.13. The fraction of sp³-hybridized carbons (Fsp3) is 0.346. The Balaban J connectivity index is 1.97. The number of ketones is 1. The number of primary amides is 1. The van der Waals surface area contributed by atoms with Crippen LogP contribution in [0.4, 0.5) is 5.69 Å². The molecular formula is C26H28N2O5. The van der Waals surface area contributed by atoms with Gasteiger partial charge in [0.15, 0.2) is 5.78 Å². The van der Waals surface area contributed by atoms with Crippen LogP contribution in [-0.2, 0) is 9.59 Å². The Morgan fingerprint density at radius 1 is 1.06 bits per heavy atom. The zero-order chi connectivity index (χ0) is 23.9. The van der Waals surface area contributed by atoms with Crippen molar-refractivity contribution < 1.29 is 23.9 Å². The number of hydrogen-bond donors (Lipinski definition) is 1. The molecule has 0 saturated heterocycles. The fourth-order valence-electron chi connectivity index (χ4n) is 4.95. The van der Waals surface area contributed by atoms with E-state index in [0.717, 1.165) is 5.56 Å². The predicted octanol–water partition coefficient (Wildman–Crippen LogP) is 3.97. The van der Waals surface area contributed by atoms with Crippen molar-refractivity contribution in [3.8, 4) is 11.5 Å². The van der Waals surface area contributed by atoms with Crippen LogP contribution >= 0.6 is 0 Å². The number of ether oxygens (including phenoxy) is 2. The van der Waals surface area contributed by atoms with Crippen LogP contribution in [-0.4, -0.2) is 31.8 Å². The molecule has 1 atom stereocenters. The van der Waals surface area contributed by atoms with Gasteiger partial charge in [0.05, 0.1) is 25.5 Å². The normalized spacial score (nSPS) is 19.9. The molecule has 2 N–H and O–H groups in total. The molecule has 0 radical (unpaired) electrons. The number of carbonyl (C=O) groups excluding carboxylic acids is 3. The summed E-state index contributed by atoms with van der Waals surface area (Å²) in [4.78, 5) is 40.8. The topological polar surface area (TPSA) is 98.9 Å². The number of amides is 2. The van der Waals surface area contributed by atoms with Gasteiger partial charge in [-0.3, -0.25) is 19.3 Å². The maximum atomic E-state index is 13.6. The lowest BCUT2D eigenvalue weighted by Gasteiger charge is -2.43. The molecule has 0 spiro atoms. The molecule has 1 heterocycles. The van der Waals surface area contributed by atoms with E-state index in [1.165, 1.54) is 4.90 Å². The molecule has 4 rings (SSSR count). The quantitative estimate of drug-likeness (QED) is 0.746. The van der Waals surface area contributed by atoms with Crippen molar-refractivity contribution in [3.05, 3.63) is 64.9 Å². The molecule has 7 heteroatoms. The van der Waals surface area contributed by atoms with E-state index in [2.05, 4.69) is 0 Å². The highest BCUT2D eigenvalue weighted by molar-refractivity contribution is 6.11. The average molecular weight is 449 g/mol. The largest absolute Gasteiger partial charge is 0.497 e. The Kier molecular flexibility index (Phi) is 5.74. The van der Waals surface area contributed by atoms with E-state index in [4.69, 9.17) is 15.2 Å². The molecule has 0 fully saturated rings. The van der Waals surface area contributed by atoms with E-state index in [1.54, 1.807) is 50.6 Å². The van der Waals surface area contributed by atoms with E-state index in [-0.39, 0.29) is 29.1 Å². The summed E-state index contributed by atoms with van der Waals surface area (Å²) in [5.41, 5.74) is 7.86. The number of rotatable bonds is 5. The predicted molar refractivity (Wildman–Crippen MR) is 124 cm³/mol. The van der Waals surface area contributed by atoms with Gasteiger partial charge < -0.3 is 15.2 Å². The minimum Gasteiger partial charge on any atom is -0.497 e. The Morgan fingerprint density at radius 2 is 1.79 bits per heavy atom. The zero-order valence-corrected chi connectivity index (χ0v) is 19.3. The zero-order valence-electron chi connectivity index (χ0n) is 19.3. The number of hydrogen-bond acceptors (Lipinski definition) is 5. The summed E-state index contributed by atoms with van der Waals surface area (Å²) in [6, 6.07) is 12.1. The second-order valence-corrected chi connectivity index (χ2v) is 9.28. The minimum atomic E-state index is -0.626. The molecule has 2 aromatic rings. The van der Waals surface area contributed by atoms with Crippen molar-refractivity contribution in [1.29, 1.82) is 0 Å². The van der Waals surface area contributed by atoms with Gasteiger partial charge in [-0.1, -0.05) is 26.0 Å². The molecule has 1 aliphatic heterocycles. The van der Waals surface area contributed by atoms with Gasteiger partial charge in [0.25, 0.3) is 5.91 Å². The van der Waals surface area contributed by atoms with Gasteiger partial charge in [-0.05, 0) is 42.2 Å². The first-order valence-electron chi connectivity index (χ1n) is 10.9. The third-order valence-electron chi connectivity index (χ3n) is 6.37. The van der Waals surface area contributed by atoms with E-state index in [9.17, 15) is 14.4 Å². The summed E-state index contributed by atoms with van der Waals surface area (Å²) < 4.78 is 11.0. The highest BCUT2D eigenvalue weighted by Gasteiger charge is 2.45. The van der Waals surface area contributed by atoms with E-state index in [1.807, 2.05) is 19.9 Å². The van der Waals surface area contributed by atoms with Gasteiger partial charge in [0.2, 0.25) is 5.91 Å². The minimum absolute atomic E-state index is 0.00909. The lowest BCUT2D eigenvalue weighted by molar-refractivity contribution is -0.121. The lowest BCUT2D eigenvalue weighted by Crippen LogP contribution is -2.44.